The highest BCUT2D eigenvalue weighted by atomic mass is 35.5. The Morgan fingerprint density at radius 3 is 2.55 bits per heavy atom. The lowest BCUT2D eigenvalue weighted by molar-refractivity contribution is 0.102. The zero-order chi connectivity index (χ0) is 20.5. The van der Waals surface area contributed by atoms with E-state index in [0.29, 0.717) is 33.5 Å². The van der Waals surface area contributed by atoms with Crippen molar-refractivity contribution in [3.05, 3.63) is 92.9 Å². The Balaban J connectivity index is 1.65. The molecule has 144 valence electrons. The van der Waals surface area contributed by atoms with Gasteiger partial charge in [0.1, 0.15) is 11.3 Å². The Morgan fingerprint density at radius 2 is 1.83 bits per heavy atom. The number of fused-ring (bicyclic) bond motifs is 1. The first-order valence-corrected chi connectivity index (χ1v) is 9.37. The molecule has 0 saturated heterocycles. The van der Waals surface area contributed by atoms with E-state index in [-0.39, 0.29) is 16.5 Å². The fraction of sp³-hybridized carbons (Fsp3) is 0.0870. The number of carbonyl (C=O) groups excluding carboxylic acids is 1. The predicted molar refractivity (Wildman–Crippen MR) is 115 cm³/mol. The van der Waals surface area contributed by atoms with E-state index in [4.69, 9.17) is 16.0 Å². The number of rotatable bonds is 3. The number of nitrogens with one attached hydrogen (secondary N) is 1. The van der Waals surface area contributed by atoms with Crippen molar-refractivity contribution < 1.29 is 9.21 Å². The normalized spacial score (nSPS) is 10.9. The van der Waals surface area contributed by atoms with Crippen LogP contribution in [0, 0.1) is 13.8 Å². The average Bonchev–Trinajstić information content (AvgIpc) is 2.70. The summed E-state index contributed by atoms with van der Waals surface area (Å²) in [5.41, 5.74) is 3.99. The van der Waals surface area contributed by atoms with Crippen LogP contribution in [0.4, 0.5) is 5.69 Å². The number of nitrogens with zero attached hydrogens (tertiary/aromatic N) is 1. The zero-order valence-corrected chi connectivity index (χ0v) is 16.6. The van der Waals surface area contributed by atoms with E-state index in [1.807, 2.05) is 26.0 Å². The molecule has 29 heavy (non-hydrogen) atoms. The summed E-state index contributed by atoms with van der Waals surface area (Å²) in [6, 6.07) is 15.5. The Kier molecular flexibility index (Phi) is 4.91. The van der Waals surface area contributed by atoms with Gasteiger partial charge in [0, 0.05) is 23.4 Å². The Bertz CT molecular complexity index is 1290. The van der Waals surface area contributed by atoms with Crippen LogP contribution in [0.15, 0.2) is 70.0 Å². The van der Waals surface area contributed by atoms with Crippen molar-refractivity contribution in [1.29, 1.82) is 0 Å². The number of halogens is 1. The molecule has 0 radical (unpaired) electrons. The van der Waals surface area contributed by atoms with Crippen LogP contribution in [0.1, 0.15) is 21.5 Å². The molecule has 0 aliphatic carbocycles. The van der Waals surface area contributed by atoms with Crippen molar-refractivity contribution in [1.82, 2.24) is 4.98 Å². The molecule has 0 bridgehead atoms. The summed E-state index contributed by atoms with van der Waals surface area (Å²) in [6.07, 6.45) is 1.55. The van der Waals surface area contributed by atoms with Crippen LogP contribution in [0.25, 0.3) is 22.3 Å². The van der Waals surface area contributed by atoms with E-state index >= 15 is 0 Å². The molecule has 5 nitrogen and oxygen atoms in total. The van der Waals surface area contributed by atoms with Crippen LogP contribution in [0.3, 0.4) is 0 Å². The second kappa shape index (κ2) is 7.53. The van der Waals surface area contributed by atoms with Gasteiger partial charge in [0.05, 0.1) is 11.1 Å². The molecular formula is C23H17ClN2O3. The van der Waals surface area contributed by atoms with Crippen molar-refractivity contribution in [2.45, 2.75) is 13.8 Å². The maximum Gasteiger partial charge on any atom is 0.255 e. The summed E-state index contributed by atoms with van der Waals surface area (Å²) in [4.78, 5) is 28.9. The van der Waals surface area contributed by atoms with Crippen LogP contribution in [-0.4, -0.2) is 10.9 Å². The summed E-state index contributed by atoms with van der Waals surface area (Å²) in [7, 11) is 0. The molecule has 2 heterocycles. The van der Waals surface area contributed by atoms with Gasteiger partial charge in [0.25, 0.3) is 5.91 Å². The van der Waals surface area contributed by atoms with Gasteiger partial charge in [0.15, 0.2) is 10.6 Å². The predicted octanol–water partition coefficient (Wildman–Crippen LogP) is 5.38. The first-order chi connectivity index (χ1) is 13.9. The quantitative estimate of drug-likeness (QED) is 0.465. The minimum Gasteiger partial charge on any atom is -0.456 e. The number of pyridine rings is 1. The van der Waals surface area contributed by atoms with E-state index in [1.165, 1.54) is 6.07 Å². The number of aromatic nitrogens is 1. The molecule has 4 aromatic rings. The van der Waals surface area contributed by atoms with Crippen LogP contribution in [0.2, 0.25) is 5.15 Å². The summed E-state index contributed by atoms with van der Waals surface area (Å²) in [6.45, 7) is 3.86. The van der Waals surface area contributed by atoms with Gasteiger partial charge in [-0.25, -0.2) is 4.98 Å². The smallest absolute Gasteiger partial charge is 0.255 e. The third kappa shape index (κ3) is 3.77. The number of carbonyl (C=O) groups is 1. The fourth-order valence-electron chi connectivity index (χ4n) is 3.21. The fourth-order valence-corrected chi connectivity index (χ4v) is 3.38. The largest absolute Gasteiger partial charge is 0.456 e. The van der Waals surface area contributed by atoms with Gasteiger partial charge < -0.3 is 9.73 Å². The average molecular weight is 405 g/mol. The van der Waals surface area contributed by atoms with E-state index in [2.05, 4.69) is 10.3 Å². The maximum atomic E-state index is 12.5. The van der Waals surface area contributed by atoms with Crippen LogP contribution in [-0.2, 0) is 0 Å². The van der Waals surface area contributed by atoms with Crippen LogP contribution < -0.4 is 10.7 Å². The monoisotopic (exact) mass is 404 g/mol. The van der Waals surface area contributed by atoms with Gasteiger partial charge in [-0.05, 0) is 55.3 Å². The standard InChI is InChI=1S/C23H17ClN2O3/c1-13-10-14(2)21-17(11-13)19(27)12-20(29-21)15-5-7-16(8-6-15)23(28)26-18-4-3-9-25-22(18)24/h3-12H,1-2H3,(H,26,28). The second-order valence-corrected chi connectivity index (χ2v) is 7.16. The van der Waals surface area contributed by atoms with Crippen molar-refractivity contribution in [3.8, 4) is 11.3 Å². The first-order valence-electron chi connectivity index (χ1n) is 9.00. The Morgan fingerprint density at radius 1 is 1.07 bits per heavy atom. The highest BCUT2D eigenvalue weighted by Gasteiger charge is 2.12. The molecule has 1 amide bonds. The maximum absolute atomic E-state index is 12.5. The molecule has 0 fully saturated rings. The van der Waals surface area contributed by atoms with Gasteiger partial charge in [-0.15, -0.1) is 0 Å². The molecule has 0 aliphatic heterocycles. The lowest BCUT2D eigenvalue weighted by atomic mass is 10.1. The van der Waals surface area contributed by atoms with Gasteiger partial charge in [-0.2, -0.15) is 0 Å². The minimum atomic E-state index is -0.308. The number of hydrogen-bond donors (Lipinski definition) is 1. The van der Waals surface area contributed by atoms with Crippen molar-refractivity contribution >= 4 is 34.2 Å². The SMILES string of the molecule is Cc1cc(C)c2oc(-c3ccc(C(=O)Nc4cccnc4Cl)cc3)cc(=O)c2c1. The van der Waals surface area contributed by atoms with Crippen molar-refractivity contribution in [3.63, 3.8) is 0 Å². The highest BCUT2D eigenvalue weighted by molar-refractivity contribution is 6.32. The summed E-state index contributed by atoms with van der Waals surface area (Å²) < 4.78 is 6.00. The zero-order valence-electron chi connectivity index (χ0n) is 15.8. The van der Waals surface area contributed by atoms with E-state index in [1.54, 1.807) is 42.6 Å². The molecule has 0 unspecified atom stereocenters. The minimum absolute atomic E-state index is 0.0962. The molecule has 0 atom stereocenters. The summed E-state index contributed by atoms with van der Waals surface area (Å²) >= 11 is 5.98. The number of aryl methyl sites for hydroxylation is 2. The van der Waals surface area contributed by atoms with Gasteiger partial charge in [-0.3, -0.25) is 9.59 Å². The number of amides is 1. The molecule has 0 spiro atoms. The molecule has 2 aromatic carbocycles. The number of hydrogen-bond acceptors (Lipinski definition) is 4. The number of anilines is 1. The summed E-state index contributed by atoms with van der Waals surface area (Å²) in [5.74, 6) is 0.148. The second-order valence-electron chi connectivity index (χ2n) is 6.81. The van der Waals surface area contributed by atoms with Crippen molar-refractivity contribution in [2.24, 2.45) is 0 Å². The topological polar surface area (TPSA) is 72.2 Å². The highest BCUT2D eigenvalue weighted by Crippen LogP contribution is 2.26. The van der Waals surface area contributed by atoms with Crippen LogP contribution >= 0.6 is 11.6 Å². The van der Waals surface area contributed by atoms with E-state index in [9.17, 15) is 9.59 Å². The summed E-state index contributed by atoms with van der Waals surface area (Å²) in [5, 5.41) is 3.51. The lowest BCUT2D eigenvalue weighted by Crippen LogP contribution is -2.12. The lowest BCUT2D eigenvalue weighted by Gasteiger charge is -2.08. The van der Waals surface area contributed by atoms with Gasteiger partial charge in [-0.1, -0.05) is 29.8 Å². The molecule has 1 N–H and O–H groups in total. The van der Waals surface area contributed by atoms with E-state index < -0.39 is 0 Å². The first kappa shape index (κ1) is 18.9. The Hall–Kier alpha value is -3.44. The van der Waals surface area contributed by atoms with E-state index in [0.717, 1.165) is 11.1 Å². The molecule has 0 aliphatic rings. The van der Waals surface area contributed by atoms with Gasteiger partial charge in [0.2, 0.25) is 0 Å². The third-order valence-corrected chi connectivity index (χ3v) is 4.90. The number of benzene rings is 2. The molecule has 2 aromatic heterocycles. The molecule has 6 heteroatoms. The van der Waals surface area contributed by atoms with Crippen LogP contribution in [0.5, 0.6) is 0 Å². The van der Waals surface area contributed by atoms with Crippen molar-refractivity contribution in [2.75, 3.05) is 5.32 Å². The molecular weight excluding hydrogens is 388 g/mol. The van der Waals surface area contributed by atoms with Gasteiger partial charge >= 0.3 is 0 Å². The molecule has 0 saturated carbocycles. The third-order valence-electron chi connectivity index (χ3n) is 4.60. The molecule has 4 rings (SSSR count). The Labute approximate surface area is 172 Å².